The quantitative estimate of drug-likeness (QED) is 0.321. The first-order valence-electron chi connectivity index (χ1n) is 10.8. The van der Waals surface area contributed by atoms with Crippen LogP contribution in [0.5, 0.6) is 0 Å². The molecule has 0 radical (unpaired) electrons. The zero-order chi connectivity index (χ0) is 24.1. The maximum Gasteiger partial charge on any atom is 0.270 e. The van der Waals surface area contributed by atoms with Crippen LogP contribution in [-0.4, -0.2) is 29.0 Å². The van der Waals surface area contributed by atoms with E-state index in [-0.39, 0.29) is 16.2 Å². The number of carbonyl (C=O) groups is 2. The second-order valence-corrected chi connectivity index (χ2v) is 10.2. The topological polar surface area (TPSA) is 52.7 Å². The average Bonchev–Trinajstić information content (AvgIpc) is 2.73. The van der Waals surface area contributed by atoms with Crippen LogP contribution in [0.1, 0.15) is 51.2 Å². The Bertz CT molecular complexity index is 1210. The molecule has 2 aliphatic rings. The summed E-state index contributed by atoms with van der Waals surface area (Å²) in [6, 6.07) is 10.9. The molecule has 0 aliphatic carbocycles. The summed E-state index contributed by atoms with van der Waals surface area (Å²) in [7, 11) is 0. The van der Waals surface area contributed by atoms with Gasteiger partial charge in [0.1, 0.15) is 5.57 Å². The molecule has 1 atom stereocenters. The lowest BCUT2D eigenvalue weighted by atomic mass is 9.79. The molecule has 2 heterocycles. The first-order valence-corrected chi connectivity index (χ1v) is 12.0. The van der Waals surface area contributed by atoms with Crippen LogP contribution in [0.15, 0.2) is 42.0 Å². The van der Waals surface area contributed by atoms with Crippen LogP contribution in [0.2, 0.25) is 10.0 Å². The molecule has 0 aromatic heterocycles. The van der Waals surface area contributed by atoms with Gasteiger partial charge in [0, 0.05) is 17.8 Å². The van der Waals surface area contributed by atoms with Crippen molar-refractivity contribution in [2.45, 2.75) is 45.6 Å². The molecule has 8 heteroatoms. The standard InChI is InChI=1S/C25H25Cl2N3O2S/c1-5-29-21-9-6-15(10-17(21)14(2)13-25(29,3)4)11-18-22(31)28-24(33)30(23(18)32)16-7-8-19(26)20(27)12-16/h6-12,14H,5,13H2,1-4H3,(H,28,31,33)/b18-11-. The number of thiocarbonyl (C=S) groups is 1. The van der Waals surface area contributed by atoms with Crippen molar-refractivity contribution < 1.29 is 9.59 Å². The Hall–Kier alpha value is -2.41. The lowest BCUT2D eigenvalue weighted by Gasteiger charge is -2.47. The van der Waals surface area contributed by atoms with Crippen molar-refractivity contribution in [2.75, 3.05) is 16.3 Å². The highest BCUT2D eigenvalue weighted by atomic mass is 35.5. The number of nitrogens with one attached hydrogen (secondary N) is 1. The van der Waals surface area contributed by atoms with E-state index in [1.807, 2.05) is 6.07 Å². The molecule has 2 aromatic carbocycles. The zero-order valence-electron chi connectivity index (χ0n) is 18.9. The van der Waals surface area contributed by atoms with Gasteiger partial charge in [0.05, 0.1) is 15.7 Å². The van der Waals surface area contributed by atoms with E-state index in [1.54, 1.807) is 24.3 Å². The summed E-state index contributed by atoms with van der Waals surface area (Å²) in [6.07, 6.45) is 2.64. The minimum Gasteiger partial charge on any atom is -0.366 e. The van der Waals surface area contributed by atoms with Crippen molar-refractivity contribution in [3.8, 4) is 0 Å². The molecule has 0 spiro atoms. The van der Waals surface area contributed by atoms with Crippen LogP contribution in [0.3, 0.4) is 0 Å². The minimum absolute atomic E-state index is 0.000390. The molecule has 1 N–H and O–H groups in total. The first-order chi connectivity index (χ1) is 15.5. The number of halogens is 2. The number of fused-ring (bicyclic) bond motifs is 1. The number of hydrogen-bond acceptors (Lipinski definition) is 4. The second-order valence-electron chi connectivity index (χ2n) is 9.04. The van der Waals surface area contributed by atoms with E-state index < -0.39 is 11.8 Å². The first kappa shape index (κ1) is 23.7. The molecule has 172 valence electrons. The summed E-state index contributed by atoms with van der Waals surface area (Å²) in [4.78, 5) is 29.7. The van der Waals surface area contributed by atoms with Gasteiger partial charge in [-0.1, -0.05) is 36.2 Å². The van der Waals surface area contributed by atoms with Gasteiger partial charge in [-0.2, -0.15) is 0 Å². The number of nitrogens with zero attached hydrogens (tertiary/aromatic N) is 2. The van der Waals surface area contributed by atoms with Crippen molar-refractivity contribution in [2.24, 2.45) is 0 Å². The summed E-state index contributed by atoms with van der Waals surface area (Å²) in [5, 5.41) is 3.26. The normalized spacial score (nSPS) is 21.3. The summed E-state index contributed by atoms with van der Waals surface area (Å²) < 4.78 is 0. The minimum atomic E-state index is -0.525. The van der Waals surface area contributed by atoms with E-state index in [0.717, 1.165) is 18.5 Å². The maximum atomic E-state index is 13.3. The molecular formula is C25H25Cl2N3O2S. The van der Waals surface area contributed by atoms with Crippen LogP contribution in [0, 0.1) is 0 Å². The van der Waals surface area contributed by atoms with Gasteiger partial charge in [-0.3, -0.25) is 19.8 Å². The summed E-state index contributed by atoms with van der Waals surface area (Å²) in [5.41, 5.74) is 3.70. The Morgan fingerprint density at radius 2 is 1.88 bits per heavy atom. The predicted molar refractivity (Wildman–Crippen MR) is 139 cm³/mol. The number of benzene rings is 2. The van der Waals surface area contributed by atoms with Gasteiger partial charge in [-0.15, -0.1) is 0 Å². The molecule has 1 saturated heterocycles. The highest BCUT2D eigenvalue weighted by Gasteiger charge is 2.37. The predicted octanol–water partition coefficient (Wildman–Crippen LogP) is 5.94. The second kappa shape index (κ2) is 8.75. The zero-order valence-corrected chi connectivity index (χ0v) is 21.2. The van der Waals surface area contributed by atoms with Gasteiger partial charge in [0.25, 0.3) is 11.8 Å². The van der Waals surface area contributed by atoms with Gasteiger partial charge < -0.3 is 4.90 Å². The van der Waals surface area contributed by atoms with E-state index in [0.29, 0.717) is 21.7 Å². The van der Waals surface area contributed by atoms with Gasteiger partial charge in [0.15, 0.2) is 5.11 Å². The summed E-state index contributed by atoms with van der Waals surface area (Å²) in [6.45, 7) is 9.80. The van der Waals surface area contributed by atoms with Gasteiger partial charge in [0.2, 0.25) is 0 Å². The molecule has 2 amide bonds. The molecular weight excluding hydrogens is 477 g/mol. The van der Waals surface area contributed by atoms with E-state index in [4.69, 9.17) is 35.4 Å². The van der Waals surface area contributed by atoms with E-state index in [2.05, 4.69) is 50.0 Å². The van der Waals surface area contributed by atoms with Crippen LogP contribution in [-0.2, 0) is 9.59 Å². The highest BCUT2D eigenvalue weighted by Crippen LogP contribution is 2.43. The third-order valence-corrected chi connectivity index (χ3v) is 7.32. The lowest BCUT2D eigenvalue weighted by molar-refractivity contribution is -0.122. The van der Waals surface area contributed by atoms with Gasteiger partial charge in [-0.05, 0) is 92.9 Å². The maximum absolute atomic E-state index is 13.3. The molecule has 4 rings (SSSR count). The molecule has 1 unspecified atom stereocenters. The molecule has 1 fully saturated rings. The Morgan fingerprint density at radius 1 is 1.15 bits per heavy atom. The number of amides is 2. The van der Waals surface area contributed by atoms with Crippen LogP contribution in [0.25, 0.3) is 6.08 Å². The number of carbonyl (C=O) groups excluding carboxylic acids is 2. The van der Waals surface area contributed by atoms with Crippen LogP contribution in [0.4, 0.5) is 11.4 Å². The smallest absolute Gasteiger partial charge is 0.270 e. The molecule has 2 aliphatic heterocycles. The van der Waals surface area contributed by atoms with Crippen molar-refractivity contribution in [1.82, 2.24) is 5.32 Å². The number of rotatable bonds is 3. The highest BCUT2D eigenvalue weighted by molar-refractivity contribution is 7.80. The number of hydrogen-bond donors (Lipinski definition) is 1. The van der Waals surface area contributed by atoms with Crippen molar-refractivity contribution in [3.05, 3.63) is 63.1 Å². The fraction of sp³-hybridized carbons (Fsp3) is 0.320. The fourth-order valence-corrected chi connectivity index (χ4v) is 5.45. The van der Waals surface area contributed by atoms with Crippen LogP contribution >= 0.6 is 35.4 Å². The fourth-order valence-electron chi connectivity index (χ4n) is 4.88. The Morgan fingerprint density at radius 3 is 2.55 bits per heavy atom. The lowest BCUT2D eigenvalue weighted by Crippen LogP contribution is -2.54. The van der Waals surface area contributed by atoms with Gasteiger partial charge >= 0.3 is 0 Å². The molecule has 5 nitrogen and oxygen atoms in total. The molecule has 0 bridgehead atoms. The summed E-state index contributed by atoms with van der Waals surface area (Å²) in [5.74, 6) is -0.681. The number of anilines is 2. The Kier molecular flexibility index (Phi) is 6.29. The largest absolute Gasteiger partial charge is 0.366 e. The third-order valence-electron chi connectivity index (χ3n) is 6.30. The SMILES string of the molecule is CCN1c2ccc(/C=C3/C(=O)NC(=S)N(c4ccc(Cl)c(Cl)c4)C3=O)cc2C(C)CC1(C)C. The average molecular weight is 502 g/mol. The van der Waals surface area contributed by atoms with E-state index in [9.17, 15) is 9.59 Å². The van der Waals surface area contributed by atoms with Crippen molar-refractivity contribution >= 4 is 69.8 Å². The molecule has 2 aromatic rings. The third kappa shape index (κ3) is 4.27. The van der Waals surface area contributed by atoms with Crippen LogP contribution < -0.4 is 15.1 Å². The van der Waals surface area contributed by atoms with Crippen molar-refractivity contribution in [1.29, 1.82) is 0 Å². The van der Waals surface area contributed by atoms with E-state index >= 15 is 0 Å². The van der Waals surface area contributed by atoms with Crippen molar-refractivity contribution in [3.63, 3.8) is 0 Å². The Balaban J connectivity index is 1.73. The Labute approximate surface area is 209 Å². The monoisotopic (exact) mass is 501 g/mol. The molecule has 0 saturated carbocycles. The van der Waals surface area contributed by atoms with Gasteiger partial charge in [-0.25, -0.2) is 0 Å². The summed E-state index contributed by atoms with van der Waals surface area (Å²) >= 11 is 17.4. The van der Waals surface area contributed by atoms with E-state index in [1.165, 1.54) is 16.2 Å². The molecule has 33 heavy (non-hydrogen) atoms.